The summed E-state index contributed by atoms with van der Waals surface area (Å²) in [5.74, 6) is 0.705. The third-order valence-electron chi connectivity index (χ3n) is 9.07. The maximum Gasteiger partial charge on any atom is 0.303 e. The van der Waals surface area contributed by atoms with Crippen LogP contribution >= 0.6 is 23.2 Å². The van der Waals surface area contributed by atoms with E-state index in [0.29, 0.717) is 29.7 Å². The van der Waals surface area contributed by atoms with Crippen LogP contribution in [0.4, 0.5) is 0 Å². The van der Waals surface area contributed by atoms with Gasteiger partial charge in [0.25, 0.3) is 0 Å². The summed E-state index contributed by atoms with van der Waals surface area (Å²) in [4.78, 5) is 37.1. The number of alkyl halides is 1. The quantitative estimate of drug-likeness (QED) is 0.435. The molecule has 0 aromatic rings. The van der Waals surface area contributed by atoms with Gasteiger partial charge in [-0.05, 0) is 67.9 Å². The molecule has 2 saturated carbocycles. The van der Waals surface area contributed by atoms with Crippen molar-refractivity contribution in [1.82, 2.24) is 0 Å². The average molecular weight is 453 g/mol. The van der Waals surface area contributed by atoms with Crippen molar-refractivity contribution in [3.8, 4) is 0 Å². The fraction of sp³-hybridized carbons (Fsp3) is 0.708. The lowest BCUT2D eigenvalue weighted by atomic mass is 9.46. The summed E-state index contributed by atoms with van der Waals surface area (Å²) < 4.78 is 5.81. The highest BCUT2D eigenvalue weighted by Gasteiger charge is 2.68. The minimum atomic E-state index is -1.07. The third kappa shape index (κ3) is 2.75. The summed E-state index contributed by atoms with van der Waals surface area (Å²) in [5, 5.41) is 0.638. The minimum absolute atomic E-state index is 0.0402. The van der Waals surface area contributed by atoms with E-state index >= 15 is 0 Å². The molecule has 0 heterocycles. The van der Waals surface area contributed by atoms with E-state index in [0.717, 1.165) is 24.8 Å². The van der Waals surface area contributed by atoms with Crippen LogP contribution in [0.5, 0.6) is 0 Å². The van der Waals surface area contributed by atoms with Crippen LogP contribution in [0, 0.1) is 34.5 Å². The SMILES string of the molecule is CC(=O)O[C@]1(C(C)=O)CC[C@H]2[C@@H]3C=C(Cl)C4=CC(=O)C[C@H](CCl)[C@]4(C)[C@@H]3CC[C@@]21C. The van der Waals surface area contributed by atoms with Gasteiger partial charge in [0.05, 0.1) is 0 Å². The fourth-order valence-corrected chi connectivity index (χ4v) is 8.38. The van der Waals surface area contributed by atoms with Crippen molar-refractivity contribution in [2.24, 2.45) is 34.5 Å². The molecule has 0 spiro atoms. The van der Waals surface area contributed by atoms with Gasteiger partial charge in [-0.25, -0.2) is 0 Å². The second-order valence-electron chi connectivity index (χ2n) is 10.1. The van der Waals surface area contributed by atoms with E-state index in [9.17, 15) is 14.4 Å². The predicted octanol–water partition coefficient (Wildman–Crippen LogP) is 5.22. The van der Waals surface area contributed by atoms with Crippen molar-refractivity contribution in [2.75, 3.05) is 5.88 Å². The molecular formula is C24H30Cl2O4. The molecule has 0 N–H and O–H groups in total. The van der Waals surface area contributed by atoms with E-state index in [2.05, 4.69) is 19.9 Å². The molecule has 0 saturated heterocycles. The van der Waals surface area contributed by atoms with Crippen molar-refractivity contribution < 1.29 is 19.1 Å². The average Bonchev–Trinajstić information content (AvgIpc) is 2.96. The highest BCUT2D eigenvalue weighted by atomic mass is 35.5. The second-order valence-corrected chi connectivity index (χ2v) is 10.9. The number of hydrogen-bond donors (Lipinski definition) is 0. The Morgan fingerprint density at radius 2 is 1.83 bits per heavy atom. The van der Waals surface area contributed by atoms with Gasteiger partial charge in [0.1, 0.15) is 0 Å². The number of Topliss-reactive ketones (excluding diaryl/α,β-unsaturated/α-hetero) is 1. The van der Waals surface area contributed by atoms with Crippen LogP contribution in [0.2, 0.25) is 0 Å². The Morgan fingerprint density at radius 3 is 2.43 bits per heavy atom. The summed E-state index contributed by atoms with van der Waals surface area (Å²) in [6, 6.07) is 0. The molecular weight excluding hydrogens is 423 g/mol. The van der Waals surface area contributed by atoms with Crippen LogP contribution in [0.1, 0.15) is 59.8 Å². The van der Waals surface area contributed by atoms with E-state index in [4.69, 9.17) is 27.9 Å². The molecule has 0 aliphatic heterocycles. The van der Waals surface area contributed by atoms with E-state index in [1.54, 1.807) is 13.0 Å². The molecule has 2 fully saturated rings. The van der Waals surface area contributed by atoms with Gasteiger partial charge >= 0.3 is 5.97 Å². The standard InChI is InChI=1S/C24H30Cl2O4/c1-13(27)24(30-14(2)28)8-6-18-17-11-21(26)20-10-16(29)9-15(12-25)23(20,4)19(17)5-7-22(18,24)3/h10-11,15,17-19H,5-9,12H2,1-4H3/t15-,17+,18+,19-,22+,23-,24+/m1/s1. The zero-order chi connectivity index (χ0) is 22.1. The van der Waals surface area contributed by atoms with Gasteiger partial charge in [0.15, 0.2) is 17.2 Å². The molecule has 4 aliphatic carbocycles. The van der Waals surface area contributed by atoms with E-state index in [-0.39, 0.29) is 34.7 Å². The zero-order valence-corrected chi connectivity index (χ0v) is 19.6. The molecule has 0 unspecified atom stereocenters. The fourth-order valence-electron chi connectivity index (χ4n) is 7.54. The number of hydrogen-bond acceptors (Lipinski definition) is 4. The number of carbonyl (C=O) groups excluding carboxylic acids is 3. The second kappa shape index (κ2) is 7.20. The normalized spacial score (nSPS) is 44.9. The number of fused-ring (bicyclic) bond motifs is 5. The molecule has 4 nitrogen and oxygen atoms in total. The number of ketones is 2. The third-order valence-corrected chi connectivity index (χ3v) is 9.77. The predicted molar refractivity (Wildman–Crippen MR) is 116 cm³/mol. The van der Waals surface area contributed by atoms with Gasteiger partial charge in [0, 0.05) is 35.1 Å². The largest absolute Gasteiger partial charge is 0.451 e. The number of carbonyl (C=O) groups is 3. The van der Waals surface area contributed by atoms with Crippen molar-refractivity contribution in [3.63, 3.8) is 0 Å². The first kappa shape index (κ1) is 22.1. The summed E-state index contributed by atoms with van der Waals surface area (Å²) in [7, 11) is 0. The molecule has 6 heteroatoms. The van der Waals surface area contributed by atoms with Gasteiger partial charge < -0.3 is 4.74 Å². The zero-order valence-electron chi connectivity index (χ0n) is 18.1. The molecule has 30 heavy (non-hydrogen) atoms. The van der Waals surface area contributed by atoms with Crippen LogP contribution in [-0.4, -0.2) is 29.0 Å². The molecule has 0 aromatic carbocycles. The Hall–Kier alpha value is -1.13. The number of halogens is 2. The molecule has 0 radical (unpaired) electrons. The molecule has 4 rings (SSSR count). The van der Waals surface area contributed by atoms with E-state index in [1.165, 1.54) is 6.92 Å². The Kier molecular flexibility index (Phi) is 5.30. The van der Waals surface area contributed by atoms with Gasteiger partial charge in [-0.15, -0.1) is 11.6 Å². The Labute approximate surface area is 188 Å². The highest BCUT2D eigenvalue weighted by Crippen LogP contribution is 2.68. The summed E-state index contributed by atoms with van der Waals surface area (Å²) in [5.41, 5.74) is -0.846. The molecule has 4 aliphatic rings. The summed E-state index contributed by atoms with van der Waals surface area (Å²) in [6.45, 7) is 7.26. The molecule has 0 aromatic heterocycles. The Balaban J connectivity index is 1.82. The molecule has 0 amide bonds. The van der Waals surface area contributed by atoms with Crippen LogP contribution in [0.15, 0.2) is 22.8 Å². The first-order chi connectivity index (χ1) is 14.0. The van der Waals surface area contributed by atoms with E-state index < -0.39 is 17.0 Å². The summed E-state index contributed by atoms with van der Waals surface area (Å²) >= 11 is 13.2. The first-order valence-corrected chi connectivity index (χ1v) is 11.8. The first-order valence-electron chi connectivity index (χ1n) is 10.9. The van der Waals surface area contributed by atoms with Gasteiger partial charge in [-0.3, -0.25) is 14.4 Å². The maximum absolute atomic E-state index is 12.8. The smallest absolute Gasteiger partial charge is 0.303 e. The van der Waals surface area contributed by atoms with E-state index in [1.807, 2.05) is 0 Å². The van der Waals surface area contributed by atoms with Crippen molar-refractivity contribution in [1.29, 1.82) is 0 Å². The highest BCUT2D eigenvalue weighted by molar-refractivity contribution is 6.32. The molecule has 7 atom stereocenters. The van der Waals surface area contributed by atoms with Crippen LogP contribution < -0.4 is 0 Å². The van der Waals surface area contributed by atoms with Crippen molar-refractivity contribution >= 4 is 40.7 Å². The Morgan fingerprint density at radius 1 is 1.17 bits per heavy atom. The summed E-state index contributed by atoms with van der Waals surface area (Å²) in [6.07, 6.45) is 7.31. The Bertz CT molecular complexity index is 876. The lowest BCUT2D eigenvalue weighted by molar-refractivity contribution is -0.185. The van der Waals surface area contributed by atoms with Gasteiger partial charge in [0.2, 0.25) is 0 Å². The minimum Gasteiger partial charge on any atom is -0.451 e. The lowest BCUT2D eigenvalue weighted by Crippen LogP contribution is -2.59. The van der Waals surface area contributed by atoms with Crippen molar-refractivity contribution in [3.05, 3.63) is 22.8 Å². The lowest BCUT2D eigenvalue weighted by Gasteiger charge is -2.59. The van der Waals surface area contributed by atoms with Gasteiger partial charge in [-0.1, -0.05) is 31.5 Å². The van der Waals surface area contributed by atoms with Crippen LogP contribution in [0.25, 0.3) is 0 Å². The number of ether oxygens (including phenoxy) is 1. The van der Waals surface area contributed by atoms with Crippen molar-refractivity contribution in [2.45, 2.75) is 65.4 Å². The van der Waals surface area contributed by atoms with Gasteiger partial charge in [-0.2, -0.15) is 0 Å². The number of rotatable bonds is 3. The van der Waals surface area contributed by atoms with Crippen LogP contribution in [-0.2, 0) is 19.1 Å². The molecule has 0 bridgehead atoms. The monoisotopic (exact) mass is 452 g/mol. The number of esters is 1. The molecule has 164 valence electrons. The van der Waals surface area contributed by atoms with Crippen LogP contribution in [0.3, 0.4) is 0 Å². The number of allylic oxidation sites excluding steroid dienone is 4. The maximum atomic E-state index is 12.8. The topological polar surface area (TPSA) is 60.4 Å².